The van der Waals surface area contributed by atoms with Gasteiger partial charge in [0.05, 0.1) is 6.10 Å². The van der Waals surface area contributed by atoms with Crippen molar-refractivity contribution in [3.63, 3.8) is 0 Å². The molecule has 2 heteroatoms. The van der Waals surface area contributed by atoms with Crippen LogP contribution in [0.4, 0.5) is 0 Å². The van der Waals surface area contributed by atoms with Crippen LogP contribution in [0.1, 0.15) is 66.4 Å². The van der Waals surface area contributed by atoms with E-state index >= 15 is 0 Å². The molecule has 2 aliphatic carbocycles. The first-order valence-electron chi connectivity index (χ1n) is 7.12. The number of aliphatic hydroxyl groups excluding tert-OH is 1. The van der Waals surface area contributed by atoms with E-state index in [4.69, 9.17) is 0 Å². The normalized spacial score (nSPS) is 22.6. The molecule has 2 aliphatic rings. The SMILES string of the molecule is OC(CC1CCCC1)c1cc2c(s1)CCCC2. The molecule has 0 spiro atoms. The molecular formula is C15H22OS. The number of rotatable bonds is 3. The summed E-state index contributed by atoms with van der Waals surface area (Å²) in [6, 6.07) is 2.29. The lowest BCUT2D eigenvalue weighted by Gasteiger charge is -2.13. The Morgan fingerprint density at radius 2 is 1.94 bits per heavy atom. The first kappa shape index (κ1) is 11.7. The van der Waals surface area contributed by atoms with E-state index in [-0.39, 0.29) is 6.10 Å². The van der Waals surface area contributed by atoms with Gasteiger partial charge in [-0.1, -0.05) is 25.7 Å². The monoisotopic (exact) mass is 250 g/mol. The van der Waals surface area contributed by atoms with Crippen molar-refractivity contribution in [2.75, 3.05) is 0 Å². The van der Waals surface area contributed by atoms with E-state index in [1.165, 1.54) is 61.8 Å². The summed E-state index contributed by atoms with van der Waals surface area (Å²) in [4.78, 5) is 2.79. The predicted octanol–water partition coefficient (Wildman–Crippen LogP) is 4.24. The van der Waals surface area contributed by atoms with Crippen molar-refractivity contribution in [2.45, 2.75) is 63.9 Å². The minimum Gasteiger partial charge on any atom is -0.388 e. The summed E-state index contributed by atoms with van der Waals surface area (Å²) in [7, 11) is 0. The zero-order valence-corrected chi connectivity index (χ0v) is 11.3. The number of hydrogen-bond donors (Lipinski definition) is 1. The fourth-order valence-electron chi connectivity index (χ4n) is 3.36. The molecule has 0 bridgehead atoms. The summed E-state index contributed by atoms with van der Waals surface area (Å²) in [5, 5.41) is 10.3. The van der Waals surface area contributed by atoms with Gasteiger partial charge < -0.3 is 5.11 Å². The average Bonchev–Trinajstić information content (AvgIpc) is 2.96. The maximum atomic E-state index is 10.3. The summed E-state index contributed by atoms with van der Waals surface area (Å²) in [5.74, 6) is 0.782. The average molecular weight is 250 g/mol. The van der Waals surface area contributed by atoms with Gasteiger partial charge >= 0.3 is 0 Å². The van der Waals surface area contributed by atoms with Crippen LogP contribution in [0, 0.1) is 5.92 Å². The summed E-state index contributed by atoms with van der Waals surface area (Å²) >= 11 is 1.88. The zero-order chi connectivity index (χ0) is 11.7. The lowest BCUT2D eigenvalue weighted by Crippen LogP contribution is -2.02. The van der Waals surface area contributed by atoms with Crippen LogP contribution >= 0.6 is 11.3 Å². The summed E-state index contributed by atoms with van der Waals surface area (Å²) in [5.41, 5.74) is 1.53. The van der Waals surface area contributed by atoms with Gasteiger partial charge in [-0.25, -0.2) is 0 Å². The minimum atomic E-state index is -0.186. The lowest BCUT2D eigenvalue weighted by molar-refractivity contribution is 0.148. The predicted molar refractivity (Wildman–Crippen MR) is 72.5 cm³/mol. The maximum absolute atomic E-state index is 10.3. The Hall–Kier alpha value is -0.340. The van der Waals surface area contributed by atoms with Crippen molar-refractivity contribution in [2.24, 2.45) is 5.92 Å². The van der Waals surface area contributed by atoms with E-state index in [0.29, 0.717) is 0 Å². The molecule has 0 saturated heterocycles. The second kappa shape index (κ2) is 5.11. The molecule has 1 N–H and O–H groups in total. The van der Waals surface area contributed by atoms with Gasteiger partial charge in [-0.3, -0.25) is 0 Å². The van der Waals surface area contributed by atoms with Crippen LogP contribution in [-0.4, -0.2) is 5.11 Å². The molecule has 1 fully saturated rings. The van der Waals surface area contributed by atoms with E-state index in [1.807, 2.05) is 11.3 Å². The number of fused-ring (bicyclic) bond motifs is 1. The molecule has 1 aromatic rings. The van der Waals surface area contributed by atoms with Crippen molar-refractivity contribution in [3.8, 4) is 0 Å². The van der Waals surface area contributed by atoms with Gasteiger partial charge in [0.15, 0.2) is 0 Å². The number of hydrogen-bond acceptors (Lipinski definition) is 2. The van der Waals surface area contributed by atoms with Crippen LogP contribution in [0.2, 0.25) is 0 Å². The van der Waals surface area contributed by atoms with Crippen molar-refractivity contribution in [1.29, 1.82) is 0 Å². The quantitative estimate of drug-likeness (QED) is 0.850. The van der Waals surface area contributed by atoms with Crippen molar-refractivity contribution < 1.29 is 5.11 Å². The zero-order valence-electron chi connectivity index (χ0n) is 10.5. The molecule has 17 heavy (non-hydrogen) atoms. The second-order valence-corrected chi connectivity index (χ2v) is 6.87. The van der Waals surface area contributed by atoms with Crippen molar-refractivity contribution in [1.82, 2.24) is 0 Å². The van der Waals surface area contributed by atoms with Gasteiger partial charge in [-0.15, -0.1) is 11.3 Å². The first-order valence-corrected chi connectivity index (χ1v) is 7.94. The third kappa shape index (κ3) is 2.58. The molecule has 0 aliphatic heterocycles. The maximum Gasteiger partial charge on any atom is 0.0884 e. The van der Waals surface area contributed by atoms with Crippen LogP contribution in [-0.2, 0) is 12.8 Å². The van der Waals surface area contributed by atoms with E-state index < -0.39 is 0 Å². The van der Waals surface area contributed by atoms with Crippen LogP contribution < -0.4 is 0 Å². The van der Waals surface area contributed by atoms with Gasteiger partial charge in [-0.05, 0) is 49.7 Å². The van der Waals surface area contributed by atoms with Gasteiger partial charge in [0, 0.05) is 9.75 Å². The highest BCUT2D eigenvalue weighted by Gasteiger charge is 2.22. The Balaban J connectivity index is 1.67. The van der Waals surface area contributed by atoms with Crippen LogP contribution in [0.3, 0.4) is 0 Å². The van der Waals surface area contributed by atoms with Gasteiger partial charge in [-0.2, -0.15) is 0 Å². The van der Waals surface area contributed by atoms with E-state index in [9.17, 15) is 5.11 Å². The fraction of sp³-hybridized carbons (Fsp3) is 0.733. The molecule has 1 aromatic heterocycles. The van der Waals surface area contributed by atoms with Gasteiger partial charge in [0.1, 0.15) is 0 Å². The molecule has 3 rings (SSSR count). The standard InChI is InChI=1S/C15H22OS/c16-13(9-11-5-1-2-6-11)15-10-12-7-3-4-8-14(12)17-15/h10-11,13,16H,1-9H2. The Labute approximate surface area is 108 Å². The lowest BCUT2D eigenvalue weighted by atomic mass is 9.96. The molecule has 94 valence electrons. The molecule has 1 saturated carbocycles. The largest absolute Gasteiger partial charge is 0.388 e. The molecule has 1 unspecified atom stereocenters. The molecule has 0 aromatic carbocycles. The van der Waals surface area contributed by atoms with E-state index in [0.717, 1.165) is 12.3 Å². The summed E-state index contributed by atoms with van der Waals surface area (Å²) in [6.07, 6.45) is 11.4. The van der Waals surface area contributed by atoms with Gasteiger partial charge in [0.25, 0.3) is 0 Å². The second-order valence-electron chi connectivity index (χ2n) is 5.71. The van der Waals surface area contributed by atoms with E-state index in [2.05, 4.69) is 6.07 Å². The molecular weight excluding hydrogens is 228 g/mol. The fourth-order valence-corrected chi connectivity index (χ4v) is 4.61. The molecule has 1 heterocycles. The van der Waals surface area contributed by atoms with Crippen LogP contribution in [0.15, 0.2) is 6.07 Å². The number of aryl methyl sites for hydroxylation is 2. The Morgan fingerprint density at radius 1 is 1.18 bits per heavy atom. The Bertz CT molecular complexity index is 353. The topological polar surface area (TPSA) is 20.2 Å². The van der Waals surface area contributed by atoms with Crippen LogP contribution in [0.25, 0.3) is 0 Å². The highest BCUT2D eigenvalue weighted by Crippen LogP contribution is 2.38. The Morgan fingerprint density at radius 3 is 2.71 bits per heavy atom. The first-order chi connectivity index (χ1) is 8.33. The molecule has 1 atom stereocenters. The number of thiophene rings is 1. The molecule has 0 radical (unpaired) electrons. The van der Waals surface area contributed by atoms with Crippen LogP contribution in [0.5, 0.6) is 0 Å². The highest BCUT2D eigenvalue weighted by molar-refractivity contribution is 7.12. The Kier molecular flexibility index (Phi) is 3.53. The third-order valence-corrected chi connectivity index (χ3v) is 5.71. The van der Waals surface area contributed by atoms with Crippen molar-refractivity contribution >= 4 is 11.3 Å². The third-order valence-electron chi connectivity index (χ3n) is 4.38. The molecule has 0 amide bonds. The molecule has 1 nitrogen and oxygen atoms in total. The van der Waals surface area contributed by atoms with Gasteiger partial charge in [0.2, 0.25) is 0 Å². The number of aliphatic hydroxyl groups is 1. The smallest absolute Gasteiger partial charge is 0.0884 e. The summed E-state index contributed by atoms with van der Waals surface area (Å²) < 4.78 is 0. The highest BCUT2D eigenvalue weighted by atomic mass is 32.1. The summed E-state index contributed by atoms with van der Waals surface area (Å²) in [6.45, 7) is 0. The minimum absolute atomic E-state index is 0.186. The van der Waals surface area contributed by atoms with Crippen molar-refractivity contribution in [3.05, 3.63) is 21.4 Å². The van der Waals surface area contributed by atoms with E-state index in [1.54, 1.807) is 4.88 Å².